The van der Waals surface area contributed by atoms with Gasteiger partial charge in [0, 0.05) is 24.2 Å². The molecule has 4 nitrogen and oxygen atoms in total. The number of aryl methyl sites for hydroxylation is 1. The second-order valence-electron chi connectivity index (χ2n) is 5.89. The second-order valence-corrected chi connectivity index (χ2v) is 5.89. The van der Waals surface area contributed by atoms with Crippen molar-refractivity contribution in [3.05, 3.63) is 29.8 Å². The number of nitrogens with one attached hydrogen (secondary N) is 1. The van der Waals surface area contributed by atoms with E-state index in [2.05, 4.69) is 29.2 Å². The number of anilines is 1. The number of hydrogen-bond acceptors (Lipinski definition) is 3. The summed E-state index contributed by atoms with van der Waals surface area (Å²) in [6.07, 6.45) is 5.85. The molecule has 3 rings (SSSR count). The van der Waals surface area contributed by atoms with Crippen molar-refractivity contribution < 1.29 is 4.39 Å². The molecular weight excluding hydrogens is 267 g/mol. The van der Waals surface area contributed by atoms with Gasteiger partial charge in [0.1, 0.15) is 5.69 Å². The Morgan fingerprint density at radius 2 is 2.14 bits per heavy atom. The van der Waals surface area contributed by atoms with Gasteiger partial charge in [0.25, 0.3) is 0 Å². The van der Waals surface area contributed by atoms with E-state index in [4.69, 9.17) is 0 Å². The molecule has 2 heterocycles. The Bertz CT molecular complexity index is 644. The lowest BCUT2D eigenvalue weighted by Crippen LogP contribution is -2.06. The van der Waals surface area contributed by atoms with Crippen LogP contribution in [0.2, 0.25) is 0 Å². The average Bonchev–Trinajstić information content (AvgIpc) is 3.15. The molecule has 2 aromatic rings. The number of aromatic nitrogens is 3. The number of rotatable bonds is 5. The Labute approximate surface area is 124 Å². The lowest BCUT2D eigenvalue weighted by molar-refractivity contribution is 0.614. The van der Waals surface area contributed by atoms with E-state index in [0.717, 1.165) is 29.8 Å². The monoisotopic (exact) mass is 288 g/mol. The summed E-state index contributed by atoms with van der Waals surface area (Å²) in [6, 6.07) is 2.03. The van der Waals surface area contributed by atoms with Crippen LogP contribution in [-0.4, -0.2) is 20.8 Å². The highest BCUT2D eigenvalue weighted by atomic mass is 19.1. The zero-order valence-corrected chi connectivity index (χ0v) is 12.7. The highest BCUT2D eigenvalue weighted by molar-refractivity contribution is 5.63. The van der Waals surface area contributed by atoms with Gasteiger partial charge in [-0.25, -0.2) is 9.37 Å². The van der Waals surface area contributed by atoms with Crippen LogP contribution in [-0.2, 0) is 6.54 Å². The molecular formula is C16H21FN4. The van der Waals surface area contributed by atoms with E-state index < -0.39 is 0 Å². The van der Waals surface area contributed by atoms with Gasteiger partial charge in [-0.3, -0.25) is 4.68 Å². The molecule has 5 heteroatoms. The van der Waals surface area contributed by atoms with Crippen LogP contribution in [0.3, 0.4) is 0 Å². The van der Waals surface area contributed by atoms with Crippen molar-refractivity contribution in [2.75, 3.05) is 5.32 Å². The van der Waals surface area contributed by atoms with Crippen LogP contribution < -0.4 is 5.32 Å². The van der Waals surface area contributed by atoms with E-state index in [1.807, 2.05) is 17.8 Å². The first kappa shape index (κ1) is 14.0. The van der Waals surface area contributed by atoms with Crippen molar-refractivity contribution >= 4 is 5.69 Å². The molecule has 112 valence electrons. The Morgan fingerprint density at radius 3 is 2.71 bits per heavy atom. The van der Waals surface area contributed by atoms with Crippen LogP contribution in [0, 0.1) is 5.82 Å². The molecule has 0 aromatic carbocycles. The van der Waals surface area contributed by atoms with Crippen LogP contribution in [0.5, 0.6) is 0 Å². The summed E-state index contributed by atoms with van der Waals surface area (Å²) >= 11 is 0. The van der Waals surface area contributed by atoms with Crippen molar-refractivity contribution in [3.63, 3.8) is 0 Å². The van der Waals surface area contributed by atoms with Crippen molar-refractivity contribution in [3.8, 4) is 11.4 Å². The molecule has 1 aliphatic rings. The van der Waals surface area contributed by atoms with Crippen molar-refractivity contribution in [1.29, 1.82) is 0 Å². The molecule has 0 atom stereocenters. The van der Waals surface area contributed by atoms with Gasteiger partial charge in [0.05, 0.1) is 23.8 Å². The standard InChI is InChI=1S/C16H21FN4/c1-4-21-16(13(9-19-21)10(2)3)15-14(17)7-12(8-18-15)20-11-5-6-11/h7-11,20H,4-6H2,1-3H3. The molecule has 1 fully saturated rings. The third-order valence-corrected chi connectivity index (χ3v) is 3.80. The SMILES string of the molecule is CCn1ncc(C(C)C)c1-c1ncc(NC2CC2)cc1F. The minimum Gasteiger partial charge on any atom is -0.381 e. The molecule has 21 heavy (non-hydrogen) atoms. The van der Waals surface area contributed by atoms with Crippen LogP contribution in [0.25, 0.3) is 11.4 Å². The minimum atomic E-state index is -0.294. The first-order chi connectivity index (χ1) is 10.1. The molecule has 0 bridgehead atoms. The van der Waals surface area contributed by atoms with E-state index >= 15 is 0 Å². The average molecular weight is 288 g/mol. The maximum atomic E-state index is 14.5. The second kappa shape index (κ2) is 5.47. The summed E-state index contributed by atoms with van der Waals surface area (Å²) in [4.78, 5) is 4.35. The predicted octanol–water partition coefficient (Wildman–Crippen LogP) is 3.80. The maximum Gasteiger partial charge on any atom is 0.153 e. The highest BCUT2D eigenvalue weighted by Crippen LogP contribution is 2.31. The van der Waals surface area contributed by atoms with Gasteiger partial charge in [-0.05, 0) is 25.7 Å². The van der Waals surface area contributed by atoms with Gasteiger partial charge in [-0.15, -0.1) is 0 Å². The van der Waals surface area contributed by atoms with E-state index in [9.17, 15) is 4.39 Å². The first-order valence-electron chi connectivity index (χ1n) is 7.58. The van der Waals surface area contributed by atoms with Gasteiger partial charge in [-0.2, -0.15) is 5.10 Å². The molecule has 0 spiro atoms. The fourth-order valence-corrected chi connectivity index (χ4v) is 2.48. The summed E-state index contributed by atoms with van der Waals surface area (Å²) in [6.45, 7) is 6.87. The lowest BCUT2D eigenvalue weighted by Gasteiger charge is -2.12. The zero-order valence-electron chi connectivity index (χ0n) is 12.7. The quantitative estimate of drug-likeness (QED) is 0.910. The fourth-order valence-electron chi connectivity index (χ4n) is 2.48. The Morgan fingerprint density at radius 1 is 1.38 bits per heavy atom. The van der Waals surface area contributed by atoms with Crippen LogP contribution in [0.1, 0.15) is 45.1 Å². The molecule has 0 radical (unpaired) electrons. The summed E-state index contributed by atoms with van der Waals surface area (Å²) < 4.78 is 16.3. The zero-order chi connectivity index (χ0) is 15.0. The predicted molar refractivity (Wildman–Crippen MR) is 81.8 cm³/mol. The molecule has 1 N–H and O–H groups in total. The molecule has 0 aliphatic heterocycles. The minimum absolute atomic E-state index is 0.283. The number of nitrogens with zero attached hydrogens (tertiary/aromatic N) is 3. The van der Waals surface area contributed by atoms with Crippen LogP contribution in [0.15, 0.2) is 18.5 Å². The molecule has 1 saturated carbocycles. The third-order valence-electron chi connectivity index (χ3n) is 3.80. The lowest BCUT2D eigenvalue weighted by atomic mass is 10.0. The maximum absolute atomic E-state index is 14.5. The molecule has 0 unspecified atom stereocenters. The molecule has 0 amide bonds. The van der Waals surface area contributed by atoms with Crippen molar-refractivity contribution in [1.82, 2.24) is 14.8 Å². The van der Waals surface area contributed by atoms with E-state index in [-0.39, 0.29) is 11.7 Å². The van der Waals surface area contributed by atoms with E-state index in [1.165, 1.54) is 6.07 Å². The Balaban J connectivity index is 2.01. The third kappa shape index (κ3) is 2.77. The Kier molecular flexibility index (Phi) is 3.66. The summed E-state index contributed by atoms with van der Waals surface area (Å²) in [7, 11) is 0. The van der Waals surface area contributed by atoms with Crippen molar-refractivity contribution in [2.24, 2.45) is 0 Å². The summed E-state index contributed by atoms with van der Waals surface area (Å²) in [5.41, 5.74) is 2.97. The normalized spacial score (nSPS) is 14.7. The number of pyridine rings is 1. The number of halogens is 1. The fraction of sp³-hybridized carbons (Fsp3) is 0.500. The van der Waals surface area contributed by atoms with Gasteiger partial charge >= 0.3 is 0 Å². The van der Waals surface area contributed by atoms with Gasteiger partial charge in [-0.1, -0.05) is 13.8 Å². The summed E-state index contributed by atoms with van der Waals surface area (Å²) in [5.74, 6) is -0.0106. The van der Waals surface area contributed by atoms with Crippen LogP contribution in [0.4, 0.5) is 10.1 Å². The topological polar surface area (TPSA) is 42.7 Å². The number of hydrogen-bond donors (Lipinski definition) is 1. The molecule has 2 aromatic heterocycles. The van der Waals surface area contributed by atoms with Gasteiger partial charge in [0.2, 0.25) is 0 Å². The van der Waals surface area contributed by atoms with E-state index in [0.29, 0.717) is 18.3 Å². The molecule has 0 saturated heterocycles. The highest BCUT2D eigenvalue weighted by Gasteiger charge is 2.23. The largest absolute Gasteiger partial charge is 0.381 e. The summed E-state index contributed by atoms with van der Waals surface area (Å²) in [5, 5.41) is 7.62. The smallest absolute Gasteiger partial charge is 0.153 e. The van der Waals surface area contributed by atoms with Gasteiger partial charge < -0.3 is 5.32 Å². The Hall–Kier alpha value is -1.91. The first-order valence-corrected chi connectivity index (χ1v) is 7.58. The van der Waals surface area contributed by atoms with Gasteiger partial charge in [0.15, 0.2) is 5.82 Å². The van der Waals surface area contributed by atoms with E-state index in [1.54, 1.807) is 6.20 Å². The van der Waals surface area contributed by atoms with Crippen LogP contribution >= 0.6 is 0 Å². The van der Waals surface area contributed by atoms with Crippen molar-refractivity contribution in [2.45, 2.75) is 52.1 Å². The molecule has 1 aliphatic carbocycles.